The van der Waals surface area contributed by atoms with Gasteiger partial charge in [0.1, 0.15) is 0 Å². The Morgan fingerprint density at radius 3 is 2.90 bits per heavy atom. The smallest absolute Gasteiger partial charge is 0.0412 e. The summed E-state index contributed by atoms with van der Waals surface area (Å²) in [6.07, 6.45) is 13.5. The number of hydrogen-bond acceptors (Lipinski definition) is 1. The summed E-state index contributed by atoms with van der Waals surface area (Å²) in [7, 11) is 0. The highest BCUT2D eigenvalue weighted by atomic mass is 14.9. The molecule has 0 aromatic heterocycles. The van der Waals surface area contributed by atoms with Crippen LogP contribution in [0.1, 0.15) is 6.42 Å². The fraction of sp³-hybridized carbons (Fsp3) is 0.111. The number of rotatable bonds is 1. The van der Waals surface area contributed by atoms with E-state index in [2.05, 4.69) is 17.5 Å². The summed E-state index contributed by atoms with van der Waals surface area (Å²) in [5.74, 6) is 0. The van der Waals surface area contributed by atoms with Crippen LogP contribution in [0.15, 0.2) is 47.9 Å². The first kappa shape index (κ1) is 5.54. The third-order valence-electron chi connectivity index (χ3n) is 1.57. The van der Waals surface area contributed by atoms with Crippen molar-refractivity contribution in [2.75, 3.05) is 0 Å². The predicted octanol–water partition coefficient (Wildman–Crippen LogP) is 1.87. The van der Waals surface area contributed by atoms with E-state index in [0.29, 0.717) is 0 Å². The monoisotopic (exact) mass is 131 g/mol. The molecule has 0 saturated heterocycles. The normalized spacial score (nSPS) is 20.8. The van der Waals surface area contributed by atoms with E-state index in [1.807, 2.05) is 24.4 Å². The van der Waals surface area contributed by atoms with Crippen LogP contribution < -0.4 is 5.32 Å². The van der Waals surface area contributed by atoms with Crippen molar-refractivity contribution >= 4 is 0 Å². The molecular weight excluding hydrogens is 122 g/mol. The van der Waals surface area contributed by atoms with Crippen molar-refractivity contribution in [3.05, 3.63) is 47.9 Å². The van der Waals surface area contributed by atoms with Crippen LogP contribution in [0.3, 0.4) is 0 Å². The Hall–Kier alpha value is -1.24. The SMILES string of the molecule is C1=CC=C(C2=CC2)NC=C1. The maximum Gasteiger partial charge on any atom is 0.0412 e. The first-order chi connectivity index (χ1) is 4.97. The molecule has 1 heterocycles. The molecule has 0 unspecified atom stereocenters. The highest BCUT2D eigenvalue weighted by Gasteiger charge is 2.11. The molecule has 10 heavy (non-hydrogen) atoms. The minimum atomic E-state index is 1.15. The Labute approximate surface area is 60.4 Å². The fourth-order valence-corrected chi connectivity index (χ4v) is 0.928. The van der Waals surface area contributed by atoms with Gasteiger partial charge in [-0.2, -0.15) is 0 Å². The van der Waals surface area contributed by atoms with Gasteiger partial charge < -0.3 is 5.32 Å². The quantitative estimate of drug-likeness (QED) is 0.573. The van der Waals surface area contributed by atoms with E-state index in [1.54, 1.807) is 0 Å². The maximum absolute atomic E-state index is 3.19. The number of nitrogens with one attached hydrogen (secondary N) is 1. The molecule has 1 N–H and O–H groups in total. The van der Waals surface area contributed by atoms with Crippen LogP contribution in [-0.2, 0) is 0 Å². The zero-order valence-electron chi connectivity index (χ0n) is 5.67. The zero-order valence-corrected chi connectivity index (χ0v) is 5.67. The third-order valence-corrected chi connectivity index (χ3v) is 1.57. The van der Waals surface area contributed by atoms with Gasteiger partial charge in [0.25, 0.3) is 0 Å². The van der Waals surface area contributed by atoms with Crippen LogP contribution in [0, 0.1) is 0 Å². The molecule has 1 heteroatoms. The first-order valence-electron chi connectivity index (χ1n) is 3.46. The van der Waals surface area contributed by atoms with Crippen molar-refractivity contribution in [3.8, 4) is 0 Å². The summed E-state index contributed by atoms with van der Waals surface area (Å²) in [5, 5.41) is 3.19. The molecule has 1 aliphatic heterocycles. The average Bonchev–Trinajstić information content (AvgIpc) is 2.76. The molecule has 0 atom stereocenters. The standard InChI is InChI=1S/C9H9N/c1-2-4-9(8-5-6-8)10-7-3-1/h1-5,7,10H,6H2. The minimum absolute atomic E-state index is 1.15. The highest BCUT2D eigenvalue weighted by molar-refractivity contribution is 5.44. The van der Waals surface area contributed by atoms with Gasteiger partial charge in [0.2, 0.25) is 0 Å². The van der Waals surface area contributed by atoms with E-state index in [4.69, 9.17) is 0 Å². The Balaban J connectivity index is 2.20. The third kappa shape index (κ3) is 1.03. The topological polar surface area (TPSA) is 12.0 Å². The van der Waals surface area contributed by atoms with Gasteiger partial charge in [-0.25, -0.2) is 0 Å². The molecule has 0 radical (unpaired) electrons. The summed E-state index contributed by atoms with van der Waals surface area (Å²) in [5.41, 5.74) is 2.67. The number of hydrogen-bond donors (Lipinski definition) is 1. The second-order valence-electron chi connectivity index (χ2n) is 2.40. The van der Waals surface area contributed by atoms with E-state index in [9.17, 15) is 0 Å². The van der Waals surface area contributed by atoms with Crippen LogP contribution in [0.4, 0.5) is 0 Å². The van der Waals surface area contributed by atoms with E-state index >= 15 is 0 Å². The molecule has 0 aromatic carbocycles. The largest absolute Gasteiger partial charge is 0.361 e. The maximum atomic E-state index is 3.19. The van der Waals surface area contributed by atoms with Crippen LogP contribution >= 0.6 is 0 Å². The fourth-order valence-electron chi connectivity index (χ4n) is 0.928. The second kappa shape index (κ2) is 2.18. The molecule has 0 fully saturated rings. The molecule has 0 aromatic rings. The molecule has 0 bridgehead atoms. The molecular formula is C9H9N. The van der Waals surface area contributed by atoms with Crippen LogP contribution in [-0.4, -0.2) is 0 Å². The van der Waals surface area contributed by atoms with E-state index in [0.717, 1.165) is 6.42 Å². The molecule has 0 amide bonds. The minimum Gasteiger partial charge on any atom is -0.361 e. The molecule has 0 saturated carbocycles. The van der Waals surface area contributed by atoms with Gasteiger partial charge in [-0.05, 0) is 24.1 Å². The molecule has 1 aliphatic carbocycles. The van der Waals surface area contributed by atoms with Crippen molar-refractivity contribution in [1.82, 2.24) is 5.32 Å². The van der Waals surface area contributed by atoms with Gasteiger partial charge in [0, 0.05) is 11.9 Å². The lowest BCUT2D eigenvalue weighted by Gasteiger charge is -1.98. The van der Waals surface area contributed by atoms with E-state index in [-0.39, 0.29) is 0 Å². The molecule has 50 valence electrons. The van der Waals surface area contributed by atoms with Gasteiger partial charge in [-0.15, -0.1) is 0 Å². The molecule has 1 nitrogen and oxygen atoms in total. The van der Waals surface area contributed by atoms with Gasteiger partial charge >= 0.3 is 0 Å². The van der Waals surface area contributed by atoms with Crippen molar-refractivity contribution in [1.29, 1.82) is 0 Å². The zero-order chi connectivity index (χ0) is 6.81. The molecule has 2 rings (SSSR count). The Bertz CT molecular complexity index is 254. The lowest BCUT2D eigenvalue weighted by atomic mass is 10.3. The van der Waals surface area contributed by atoms with Crippen LogP contribution in [0.5, 0.6) is 0 Å². The molecule has 0 spiro atoms. The lowest BCUT2D eigenvalue weighted by molar-refractivity contribution is 1.09. The molecule has 2 aliphatic rings. The summed E-state index contributed by atoms with van der Waals surface area (Å²) < 4.78 is 0. The van der Waals surface area contributed by atoms with Gasteiger partial charge in [0.05, 0.1) is 0 Å². The Morgan fingerprint density at radius 2 is 2.10 bits per heavy atom. The highest BCUT2D eigenvalue weighted by Crippen LogP contribution is 2.25. The van der Waals surface area contributed by atoms with E-state index in [1.165, 1.54) is 11.3 Å². The van der Waals surface area contributed by atoms with E-state index < -0.39 is 0 Å². The Morgan fingerprint density at radius 1 is 1.20 bits per heavy atom. The summed E-state index contributed by atoms with van der Waals surface area (Å²) in [6, 6.07) is 0. The van der Waals surface area contributed by atoms with Gasteiger partial charge in [-0.3, -0.25) is 0 Å². The van der Waals surface area contributed by atoms with Gasteiger partial charge in [-0.1, -0.05) is 18.2 Å². The Kier molecular flexibility index (Phi) is 1.21. The van der Waals surface area contributed by atoms with Crippen molar-refractivity contribution in [2.45, 2.75) is 6.42 Å². The predicted molar refractivity (Wildman–Crippen MR) is 42.2 cm³/mol. The number of allylic oxidation sites excluding steroid dienone is 6. The summed E-state index contributed by atoms with van der Waals surface area (Å²) in [6.45, 7) is 0. The van der Waals surface area contributed by atoms with Gasteiger partial charge in [0.15, 0.2) is 0 Å². The second-order valence-corrected chi connectivity index (χ2v) is 2.40. The summed E-state index contributed by atoms with van der Waals surface area (Å²) in [4.78, 5) is 0. The van der Waals surface area contributed by atoms with Crippen molar-refractivity contribution < 1.29 is 0 Å². The summed E-state index contributed by atoms with van der Waals surface area (Å²) >= 11 is 0. The average molecular weight is 131 g/mol. The van der Waals surface area contributed by atoms with Crippen molar-refractivity contribution in [3.63, 3.8) is 0 Å². The lowest BCUT2D eigenvalue weighted by Crippen LogP contribution is -2.01. The van der Waals surface area contributed by atoms with Crippen LogP contribution in [0.2, 0.25) is 0 Å². The first-order valence-corrected chi connectivity index (χ1v) is 3.46. The van der Waals surface area contributed by atoms with Crippen LogP contribution in [0.25, 0.3) is 0 Å². The van der Waals surface area contributed by atoms with Crippen molar-refractivity contribution in [2.24, 2.45) is 0 Å².